The molecule has 3 aromatic rings. The summed E-state index contributed by atoms with van der Waals surface area (Å²) in [7, 11) is 0. The Bertz CT molecular complexity index is 1080. The summed E-state index contributed by atoms with van der Waals surface area (Å²) in [6.45, 7) is 1.17. The lowest BCUT2D eigenvalue weighted by Crippen LogP contribution is -2.40. The summed E-state index contributed by atoms with van der Waals surface area (Å²) in [5.74, 6) is 0.00297. The first-order valence-corrected chi connectivity index (χ1v) is 9.53. The summed E-state index contributed by atoms with van der Waals surface area (Å²) in [6, 6.07) is 7.25. The number of nitrogens with one attached hydrogen (secondary N) is 1. The molecule has 7 nitrogen and oxygen atoms in total. The van der Waals surface area contributed by atoms with Crippen molar-refractivity contribution in [2.75, 3.05) is 6.54 Å². The van der Waals surface area contributed by atoms with Gasteiger partial charge in [-0.2, -0.15) is 5.10 Å². The lowest BCUT2D eigenvalue weighted by Gasteiger charge is -2.25. The quantitative estimate of drug-likeness (QED) is 0.770. The van der Waals surface area contributed by atoms with E-state index < -0.39 is 0 Å². The first-order chi connectivity index (χ1) is 13.2. The van der Waals surface area contributed by atoms with Gasteiger partial charge in [-0.3, -0.25) is 9.59 Å². The van der Waals surface area contributed by atoms with Gasteiger partial charge in [0.2, 0.25) is 0 Å². The van der Waals surface area contributed by atoms with Crippen LogP contribution >= 0.6 is 0 Å². The fourth-order valence-electron chi connectivity index (χ4n) is 4.30. The Morgan fingerprint density at radius 3 is 3.07 bits per heavy atom. The van der Waals surface area contributed by atoms with Crippen LogP contribution in [0.15, 0.2) is 35.4 Å². The molecule has 1 aliphatic carbocycles. The first kappa shape index (κ1) is 16.2. The second-order valence-corrected chi connectivity index (χ2v) is 7.42. The molecule has 1 fully saturated rings. The molecule has 1 saturated heterocycles. The molecule has 1 aromatic carbocycles. The second-order valence-electron chi connectivity index (χ2n) is 7.42. The van der Waals surface area contributed by atoms with Crippen LogP contribution < -0.4 is 5.56 Å². The van der Waals surface area contributed by atoms with Gasteiger partial charge in [-0.15, -0.1) is 0 Å². The van der Waals surface area contributed by atoms with Gasteiger partial charge in [0, 0.05) is 18.2 Å². The van der Waals surface area contributed by atoms with Gasteiger partial charge in [0.25, 0.3) is 11.5 Å². The van der Waals surface area contributed by atoms with E-state index in [0.717, 1.165) is 54.4 Å². The van der Waals surface area contributed by atoms with Crippen LogP contribution in [0.5, 0.6) is 0 Å². The first-order valence-electron chi connectivity index (χ1n) is 9.53. The molecule has 7 heteroatoms. The molecule has 27 heavy (non-hydrogen) atoms. The zero-order valence-corrected chi connectivity index (χ0v) is 15.0. The molecule has 5 rings (SSSR count). The number of H-pyrrole nitrogens is 1. The number of aryl methyl sites for hydroxylation is 2. The molecular weight excluding hydrogens is 342 g/mol. The topological polar surface area (TPSA) is 83.9 Å². The van der Waals surface area contributed by atoms with Crippen molar-refractivity contribution < 1.29 is 4.79 Å². The average molecular weight is 363 g/mol. The van der Waals surface area contributed by atoms with Crippen molar-refractivity contribution in [2.24, 2.45) is 0 Å². The molecule has 0 saturated carbocycles. The number of fused-ring (bicyclic) bond motifs is 2. The van der Waals surface area contributed by atoms with Gasteiger partial charge in [-0.05, 0) is 55.9 Å². The number of nitrogens with zero attached hydrogens (tertiary/aromatic N) is 4. The molecule has 3 heterocycles. The van der Waals surface area contributed by atoms with Crippen LogP contribution in [0.3, 0.4) is 0 Å². The number of hydrogen-bond acceptors (Lipinski definition) is 4. The van der Waals surface area contributed by atoms with E-state index in [0.29, 0.717) is 18.7 Å². The standard InChI is InChI=1S/C20H21N5O2/c26-19-10-13-3-1-5-16(13)23-25(19)11-15-4-2-8-24(15)20(27)14-6-7-17-18(9-14)22-12-21-17/h6-7,9-10,12,15H,1-5,8,11H2,(H,21,22). The highest BCUT2D eigenvalue weighted by atomic mass is 16.2. The summed E-state index contributed by atoms with van der Waals surface area (Å²) < 4.78 is 1.55. The maximum absolute atomic E-state index is 13.1. The number of amides is 1. The maximum Gasteiger partial charge on any atom is 0.267 e. The summed E-state index contributed by atoms with van der Waals surface area (Å²) in [5, 5.41) is 4.57. The third-order valence-electron chi connectivity index (χ3n) is 5.71. The molecule has 0 spiro atoms. The SMILES string of the molecule is O=C(c1ccc2nc[nH]c2c1)N1CCCC1Cn1nc2c(cc1=O)CCC2. The molecule has 0 bridgehead atoms. The number of benzene rings is 1. The molecule has 1 aliphatic heterocycles. The highest BCUT2D eigenvalue weighted by Crippen LogP contribution is 2.23. The molecule has 1 N–H and O–H groups in total. The van der Waals surface area contributed by atoms with Crippen molar-refractivity contribution in [3.8, 4) is 0 Å². The highest BCUT2D eigenvalue weighted by Gasteiger charge is 2.30. The number of aromatic amines is 1. The number of carbonyl (C=O) groups excluding carboxylic acids is 1. The van der Waals surface area contributed by atoms with Crippen LogP contribution in [0.1, 0.15) is 40.9 Å². The predicted octanol–water partition coefficient (Wildman–Crippen LogP) is 1.91. The van der Waals surface area contributed by atoms with Crippen molar-refractivity contribution >= 4 is 16.9 Å². The number of aromatic nitrogens is 4. The van der Waals surface area contributed by atoms with E-state index in [1.165, 1.54) is 0 Å². The fraction of sp³-hybridized carbons (Fsp3) is 0.400. The Labute approximate surface area is 156 Å². The Kier molecular flexibility index (Phi) is 3.81. The number of likely N-dealkylation sites (tertiary alicyclic amines) is 1. The van der Waals surface area contributed by atoms with Crippen LogP contribution in [0.2, 0.25) is 0 Å². The minimum atomic E-state index is -0.0613. The monoisotopic (exact) mass is 363 g/mol. The van der Waals surface area contributed by atoms with E-state index in [1.54, 1.807) is 17.1 Å². The lowest BCUT2D eigenvalue weighted by atomic mass is 10.1. The van der Waals surface area contributed by atoms with Crippen molar-refractivity contribution in [3.63, 3.8) is 0 Å². The van der Waals surface area contributed by atoms with E-state index in [-0.39, 0.29) is 17.5 Å². The van der Waals surface area contributed by atoms with E-state index in [9.17, 15) is 9.59 Å². The van der Waals surface area contributed by atoms with Gasteiger partial charge in [0.1, 0.15) is 0 Å². The lowest BCUT2D eigenvalue weighted by molar-refractivity contribution is 0.0720. The van der Waals surface area contributed by atoms with Crippen LogP contribution in [0.25, 0.3) is 11.0 Å². The largest absolute Gasteiger partial charge is 0.345 e. The summed E-state index contributed by atoms with van der Waals surface area (Å²) in [4.78, 5) is 34.6. The van der Waals surface area contributed by atoms with Crippen LogP contribution in [0, 0.1) is 0 Å². The Hall–Kier alpha value is -2.96. The van der Waals surface area contributed by atoms with Crippen molar-refractivity contribution in [1.82, 2.24) is 24.6 Å². The second kappa shape index (κ2) is 6.33. The van der Waals surface area contributed by atoms with Crippen molar-refractivity contribution in [2.45, 2.75) is 44.7 Å². The molecule has 2 aliphatic rings. The summed E-state index contributed by atoms with van der Waals surface area (Å²) >= 11 is 0. The van der Waals surface area contributed by atoms with Crippen molar-refractivity contribution in [1.29, 1.82) is 0 Å². The zero-order chi connectivity index (χ0) is 18.4. The molecule has 1 unspecified atom stereocenters. The molecule has 0 radical (unpaired) electrons. The number of carbonyl (C=O) groups is 1. The average Bonchev–Trinajstić information content (AvgIpc) is 3.41. The zero-order valence-electron chi connectivity index (χ0n) is 15.0. The summed E-state index contributed by atoms with van der Waals surface area (Å²) in [5.41, 5.74) is 4.41. The van der Waals surface area contributed by atoms with Crippen molar-refractivity contribution in [3.05, 3.63) is 57.8 Å². The Balaban J connectivity index is 1.40. The van der Waals surface area contributed by atoms with E-state index in [4.69, 9.17) is 0 Å². The number of rotatable bonds is 3. The molecule has 2 aromatic heterocycles. The van der Waals surface area contributed by atoms with E-state index in [2.05, 4.69) is 15.1 Å². The molecular formula is C20H21N5O2. The van der Waals surface area contributed by atoms with Gasteiger partial charge in [0.05, 0.1) is 35.6 Å². The van der Waals surface area contributed by atoms with Gasteiger partial charge in [-0.25, -0.2) is 9.67 Å². The van der Waals surface area contributed by atoms with Crippen LogP contribution in [-0.4, -0.2) is 43.1 Å². The third-order valence-corrected chi connectivity index (χ3v) is 5.71. The smallest absolute Gasteiger partial charge is 0.267 e. The Morgan fingerprint density at radius 1 is 1.22 bits per heavy atom. The molecule has 138 valence electrons. The third kappa shape index (κ3) is 2.83. The molecule has 1 amide bonds. The van der Waals surface area contributed by atoms with Gasteiger partial charge < -0.3 is 9.88 Å². The number of imidazole rings is 1. The maximum atomic E-state index is 13.1. The highest BCUT2D eigenvalue weighted by molar-refractivity contribution is 5.97. The van der Waals surface area contributed by atoms with Crippen LogP contribution in [-0.2, 0) is 19.4 Å². The normalized spacial score (nSPS) is 19.0. The number of hydrogen-bond donors (Lipinski definition) is 1. The van der Waals surface area contributed by atoms with Gasteiger partial charge >= 0.3 is 0 Å². The van der Waals surface area contributed by atoms with Crippen LogP contribution in [0.4, 0.5) is 0 Å². The fourth-order valence-corrected chi connectivity index (χ4v) is 4.30. The Morgan fingerprint density at radius 2 is 2.15 bits per heavy atom. The minimum Gasteiger partial charge on any atom is -0.345 e. The van der Waals surface area contributed by atoms with E-state index >= 15 is 0 Å². The molecule has 1 atom stereocenters. The van der Waals surface area contributed by atoms with Gasteiger partial charge in [-0.1, -0.05) is 0 Å². The van der Waals surface area contributed by atoms with E-state index in [1.807, 2.05) is 23.1 Å². The van der Waals surface area contributed by atoms with Gasteiger partial charge in [0.15, 0.2) is 0 Å². The minimum absolute atomic E-state index is 0.000355. The summed E-state index contributed by atoms with van der Waals surface area (Å²) in [6.07, 6.45) is 6.42. The predicted molar refractivity (Wildman–Crippen MR) is 101 cm³/mol.